The predicted molar refractivity (Wildman–Crippen MR) is 99.5 cm³/mol. The Morgan fingerprint density at radius 2 is 2.04 bits per heavy atom. The lowest BCUT2D eigenvalue weighted by Gasteiger charge is -2.30. The molecule has 0 bridgehead atoms. The molecule has 1 aromatic carbocycles. The van der Waals surface area contributed by atoms with Gasteiger partial charge in [-0.2, -0.15) is 0 Å². The Bertz CT molecular complexity index is 900. The molecule has 0 radical (unpaired) electrons. The predicted octanol–water partition coefficient (Wildman–Crippen LogP) is 2.66. The summed E-state index contributed by atoms with van der Waals surface area (Å²) in [5, 5.41) is 0.784. The number of carbonyl (C=O) groups excluding carboxylic acids is 3. The Morgan fingerprint density at radius 3 is 2.65 bits per heavy atom. The van der Waals surface area contributed by atoms with Crippen molar-refractivity contribution in [1.29, 1.82) is 0 Å². The second-order valence-corrected chi connectivity index (χ2v) is 7.13. The van der Waals surface area contributed by atoms with Crippen molar-refractivity contribution in [3.8, 4) is 0 Å². The van der Waals surface area contributed by atoms with Crippen molar-refractivity contribution in [3.63, 3.8) is 0 Å². The molecule has 0 spiro atoms. The van der Waals surface area contributed by atoms with E-state index in [1.807, 2.05) is 0 Å². The van der Waals surface area contributed by atoms with Crippen molar-refractivity contribution in [2.75, 3.05) is 7.05 Å². The van der Waals surface area contributed by atoms with Gasteiger partial charge in [0.1, 0.15) is 12.2 Å². The average Bonchev–Trinajstić information content (AvgIpc) is 2.87. The van der Waals surface area contributed by atoms with E-state index in [1.54, 1.807) is 48.2 Å². The summed E-state index contributed by atoms with van der Waals surface area (Å²) >= 11 is 12.1. The molecule has 1 heterocycles. The van der Waals surface area contributed by atoms with E-state index in [9.17, 15) is 14.4 Å². The standard InChI is InChI=1S/C19H16Cl2N2O3/c1-23-18(11(6-7-24)10-2-4-14(20)15(21)8-10)12-3-5-16(22)13(9-25)17(12)19(23)26/h2-5,7-8,11,17-18H,6,22H2,1H3. The van der Waals surface area contributed by atoms with Gasteiger partial charge in [0.2, 0.25) is 5.91 Å². The highest BCUT2D eigenvalue weighted by Gasteiger charge is 2.48. The maximum absolute atomic E-state index is 12.8. The van der Waals surface area contributed by atoms with Crippen LogP contribution < -0.4 is 5.73 Å². The van der Waals surface area contributed by atoms with Gasteiger partial charge in [-0.25, -0.2) is 4.79 Å². The van der Waals surface area contributed by atoms with Gasteiger partial charge in [-0.3, -0.25) is 4.79 Å². The van der Waals surface area contributed by atoms with Gasteiger partial charge in [0.15, 0.2) is 0 Å². The molecule has 1 amide bonds. The second-order valence-electron chi connectivity index (χ2n) is 6.31. The van der Waals surface area contributed by atoms with E-state index >= 15 is 0 Å². The fourth-order valence-corrected chi connectivity index (χ4v) is 4.03. The molecule has 134 valence electrons. The molecular weight excluding hydrogens is 375 g/mol. The average molecular weight is 391 g/mol. The Balaban J connectivity index is 2.12. The van der Waals surface area contributed by atoms with Gasteiger partial charge in [-0.1, -0.05) is 35.3 Å². The quantitative estimate of drug-likeness (QED) is 0.632. The van der Waals surface area contributed by atoms with Crippen molar-refractivity contribution in [2.45, 2.75) is 18.4 Å². The van der Waals surface area contributed by atoms with Crippen LogP contribution in [-0.2, 0) is 14.4 Å². The minimum absolute atomic E-state index is 0.140. The molecule has 0 aromatic heterocycles. The fraction of sp³-hybridized carbons (Fsp3) is 0.263. The molecule has 26 heavy (non-hydrogen) atoms. The summed E-state index contributed by atoms with van der Waals surface area (Å²) in [6.07, 6.45) is 4.34. The third-order valence-corrected chi connectivity index (χ3v) is 5.69. The van der Waals surface area contributed by atoms with E-state index in [2.05, 4.69) is 0 Å². The number of nitrogens with zero attached hydrogens (tertiary/aromatic N) is 1. The van der Waals surface area contributed by atoms with Crippen LogP contribution in [0.2, 0.25) is 10.0 Å². The van der Waals surface area contributed by atoms with Gasteiger partial charge in [0.05, 0.1) is 27.6 Å². The minimum atomic E-state index is -0.760. The number of halogens is 2. The number of amides is 1. The number of benzene rings is 1. The lowest BCUT2D eigenvalue weighted by molar-refractivity contribution is -0.130. The van der Waals surface area contributed by atoms with Crippen LogP contribution in [0.25, 0.3) is 0 Å². The van der Waals surface area contributed by atoms with Crippen LogP contribution in [0.15, 0.2) is 47.2 Å². The lowest BCUT2D eigenvalue weighted by Crippen LogP contribution is -2.35. The van der Waals surface area contributed by atoms with E-state index in [4.69, 9.17) is 28.9 Å². The SMILES string of the molecule is CN1C(=O)C2C(=C=O)C(N)=CC=C2C1C(CC=O)c1ccc(Cl)c(Cl)c1. The third kappa shape index (κ3) is 2.88. The number of fused-ring (bicyclic) bond motifs is 1. The van der Waals surface area contributed by atoms with Crippen molar-refractivity contribution >= 4 is 41.3 Å². The van der Waals surface area contributed by atoms with Crippen LogP contribution in [-0.4, -0.2) is 36.1 Å². The molecule has 1 aliphatic carbocycles. The highest BCUT2D eigenvalue weighted by Crippen LogP contribution is 2.44. The van der Waals surface area contributed by atoms with Crippen LogP contribution >= 0.6 is 23.2 Å². The van der Waals surface area contributed by atoms with E-state index in [0.29, 0.717) is 10.0 Å². The molecule has 1 saturated heterocycles. The number of hydrogen-bond donors (Lipinski definition) is 1. The van der Waals surface area contributed by atoms with E-state index in [0.717, 1.165) is 17.4 Å². The molecule has 0 saturated carbocycles. The van der Waals surface area contributed by atoms with E-state index in [1.165, 1.54) is 0 Å². The molecule has 1 aliphatic heterocycles. The van der Waals surface area contributed by atoms with Gasteiger partial charge in [-0.05, 0) is 29.3 Å². The number of likely N-dealkylation sites (tertiary alicyclic amines) is 1. The van der Waals surface area contributed by atoms with Crippen LogP contribution in [0.3, 0.4) is 0 Å². The Kier molecular flexibility index (Phi) is 5.05. The third-order valence-electron chi connectivity index (χ3n) is 4.95. The Hall–Kier alpha value is -2.33. The van der Waals surface area contributed by atoms with Gasteiger partial charge in [0, 0.05) is 25.1 Å². The number of carbonyl (C=O) groups is 2. The second kappa shape index (κ2) is 7.12. The summed E-state index contributed by atoms with van der Waals surface area (Å²) in [5.74, 6) is 0.471. The zero-order valence-electron chi connectivity index (χ0n) is 13.9. The monoisotopic (exact) mass is 390 g/mol. The number of allylic oxidation sites excluding steroid dienone is 3. The number of aldehydes is 1. The largest absolute Gasteiger partial charge is 0.398 e. The number of likely N-dealkylation sites (N-methyl/N-ethyl adjacent to an activating group) is 1. The maximum atomic E-state index is 12.8. The summed E-state index contributed by atoms with van der Waals surface area (Å²) in [7, 11) is 1.65. The maximum Gasteiger partial charge on any atom is 0.235 e. The van der Waals surface area contributed by atoms with Crippen molar-refractivity contribution in [1.82, 2.24) is 4.90 Å². The van der Waals surface area contributed by atoms with Crippen LogP contribution in [0.4, 0.5) is 0 Å². The summed E-state index contributed by atoms with van der Waals surface area (Å²) in [6.45, 7) is 0. The van der Waals surface area contributed by atoms with Gasteiger partial charge in [0.25, 0.3) is 0 Å². The molecule has 3 unspecified atom stereocenters. The minimum Gasteiger partial charge on any atom is -0.398 e. The highest BCUT2D eigenvalue weighted by molar-refractivity contribution is 6.42. The molecule has 7 heteroatoms. The fourth-order valence-electron chi connectivity index (χ4n) is 3.72. The van der Waals surface area contributed by atoms with Gasteiger partial charge in [-0.15, -0.1) is 0 Å². The number of nitrogens with two attached hydrogens (primary N) is 1. The molecule has 1 aromatic rings. The number of rotatable bonds is 4. The Morgan fingerprint density at radius 1 is 1.31 bits per heavy atom. The first-order valence-electron chi connectivity index (χ1n) is 7.98. The highest BCUT2D eigenvalue weighted by atomic mass is 35.5. The molecule has 3 atom stereocenters. The lowest BCUT2D eigenvalue weighted by atomic mass is 9.79. The van der Waals surface area contributed by atoms with Crippen LogP contribution in [0, 0.1) is 5.92 Å². The zero-order valence-corrected chi connectivity index (χ0v) is 15.4. The van der Waals surface area contributed by atoms with Crippen LogP contribution in [0.1, 0.15) is 17.9 Å². The number of hydrogen-bond acceptors (Lipinski definition) is 4. The molecule has 3 rings (SSSR count). The topological polar surface area (TPSA) is 80.5 Å². The first-order chi connectivity index (χ1) is 12.4. The molecule has 5 nitrogen and oxygen atoms in total. The van der Waals surface area contributed by atoms with E-state index < -0.39 is 12.0 Å². The van der Waals surface area contributed by atoms with Crippen LogP contribution in [0.5, 0.6) is 0 Å². The normalized spacial score (nSPS) is 23.1. The summed E-state index contributed by atoms with van der Waals surface area (Å²) < 4.78 is 0. The molecule has 1 fully saturated rings. The van der Waals surface area contributed by atoms with Crippen molar-refractivity contribution < 1.29 is 14.4 Å². The summed E-state index contributed by atoms with van der Waals surface area (Å²) in [6, 6.07) is 4.75. The van der Waals surface area contributed by atoms with Gasteiger partial charge >= 0.3 is 0 Å². The Labute approximate surface area is 160 Å². The molecule has 2 N–H and O–H groups in total. The summed E-state index contributed by atoms with van der Waals surface area (Å²) in [5.41, 5.74) is 7.73. The van der Waals surface area contributed by atoms with Gasteiger partial charge < -0.3 is 15.4 Å². The van der Waals surface area contributed by atoms with E-state index in [-0.39, 0.29) is 29.5 Å². The molecular formula is C19H16Cl2N2O3. The van der Waals surface area contributed by atoms with Crippen molar-refractivity contribution in [3.05, 3.63) is 62.8 Å². The molecule has 2 aliphatic rings. The first-order valence-corrected chi connectivity index (χ1v) is 8.74. The zero-order chi connectivity index (χ0) is 19.0. The smallest absolute Gasteiger partial charge is 0.235 e. The first kappa shape index (κ1) is 18.5. The summed E-state index contributed by atoms with van der Waals surface area (Å²) in [4.78, 5) is 37.0. The van der Waals surface area contributed by atoms with Crippen molar-refractivity contribution in [2.24, 2.45) is 11.7 Å².